The number of nitrogens with zero attached hydrogens (tertiary/aromatic N) is 2. The molecule has 1 aromatic heterocycles. The van der Waals surface area contributed by atoms with Crippen LogP contribution in [0.5, 0.6) is 5.75 Å². The average molecular weight is 521 g/mol. The molecule has 1 aliphatic heterocycles. The Bertz CT molecular complexity index is 1220. The molecule has 0 bridgehead atoms. The fourth-order valence-electron chi connectivity index (χ4n) is 4.82. The van der Waals surface area contributed by atoms with E-state index in [1.807, 2.05) is 63.2 Å². The van der Waals surface area contributed by atoms with Gasteiger partial charge < -0.3 is 23.9 Å². The van der Waals surface area contributed by atoms with Crippen LogP contribution in [0.2, 0.25) is 0 Å². The van der Waals surface area contributed by atoms with Crippen LogP contribution in [0, 0.1) is 18.8 Å². The van der Waals surface area contributed by atoms with Gasteiger partial charge in [0.15, 0.2) is 5.89 Å². The van der Waals surface area contributed by atoms with Gasteiger partial charge in [0.05, 0.1) is 25.3 Å². The van der Waals surface area contributed by atoms with Gasteiger partial charge >= 0.3 is 12.1 Å². The highest BCUT2D eigenvalue weighted by atomic mass is 16.6. The van der Waals surface area contributed by atoms with Gasteiger partial charge in [0, 0.05) is 31.8 Å². The molecule has 2 heterocycles. The van der Waals surface area contributed by atoms with Crippen molar-refractivity contribution < 1.29 is 28.6 Å². The van der Waals surface area contributed by atoms with E-state index in [1.165, 1.54) is 0 Å². The van der Waals surface area contributed by atoms with Crippen molar-refractivity contribution in [3.63, 3.8) is 0 Å². The molecule has 8 heteroatoms. The molecule has 1 fully saturated rings. The number of hydrogen-bond donors (Lipinski definition) is 1. The molecule has 2 atom stereocenters. The van der Waals surface area contributed by atoms with E-state index in [4.69, 9.17) is 13.9 Å². The van der Waals surface area contributed by atoms with Gasteiger partial charge in [-0.1, -0.05) is 56.3 Å². The van der Waals surface area contributed by atoms with Crippen LogP contribution in [-0.4, -0.2) is 53.4 Å². The third kappa shape index (κ3) is 7.37. The molecule has 1 amide bonds. The first-order valence-electron chi connectivity index (χ1n) is 13.1. The highest BCUT2D eigenvalue weighted by Gasteiger charge is 2.38. The van der Waals surface area contributed by atoms with Crippen LogP contribution in [0.25, 0.3) is 0 Å². The van der Waals surface area contributed by atoms with Gasteiger partial charge in [-0.25, -0.2) is 9.78 Å². The second-order valence-corrected chi connectivity index (χ2v) is 10.3. The molecule has 0 spiro atoms. The Morgan fingerprint density at radius 2 is 1.92 bits per heavy atom. The number of likely N-dealkylation sites (tertiary alicyclic amines) is 1. The molecular weight excluding hydrogens is 484 g/mol. The summed E-state index contributed by atoms with van der Waals surface area (Å²) in [5.74, 6) is 1.22. The molecule has 8 nitrogen and oxygen atoms in total. The van der Waals surface area contributed by atoms with E-state index in [0.29, 0.717) is 50.8 Å². The van der Waals surface area contributed by atoms with Crippen LogP contribution < -0.4 is 4.74 Å². The van der Waals surface area contributed by atoms with Gasteiger partial charge in [-0.3, -0.25) is 4.79 Å². The molecule has 1 aliphatic rings. The number of benzene rings is 2. The van der Waals surface area contributed by atoms with Crippen molar-refractivity contribution in [3.8, 4) is 5.75 Å². The van der Waals surface area contributed by atoms with Crippen LogP contribution >= 0.6 is 0 Å². The summed E-state index contributed by atoms with van der Waals surface area (Å²) in [5.41, 5.74) is 2.98. The summed E-state index contributed by atoms with van der Waals surface area (Å²) >= 11 is 0. The first kappa shape index (κ1) is 27.2. The summed E-state index contributed by atoms with van der Waals surface area (Å²) in [6.45, 7) is 7.41. The van der Waals surface area contributed by atoms with Crippen LogP contribution in [-0.2, 0) is 22.4 Å². The molecule has 0 unspecified atom stereocenters. The number of aromatic nitrogens is 1. The summed E-state index contributed by atoms with van der Waals surface area (Å²) in [5, 5.41) is 9.45. The van der Waals surface area contributed by atoms with Crippen LogP contribution in [0.1, 0.15) is 54.7 Å². The fraction of sp³-hybridized carbons (Fsp3) is 0.433. The summed E-state index contributed by atoms with van der Waals surface area (Å²) in [7, 11) is 0. The quantitative estimate of drug-likeness (QED) is 0.357. The molecule has 38 heavy (non-hydrogen) atoms. The molecule has 0 aliphatic carbocycles. The summed E-state index contributed by atoms with van der Waals surface area (Å²) in [4.78, 5) is 30.3. The largest absolute Gasteiger partial charge is 0.493 e. The molecule has 4 rings (SSSR count). The molecule has 0 saturated carbocycles. The summed E-state index contributed by atoms with van der Waals surface area (Å²) < 4.78 is 17.3. The van der Waals surface area contributed by atoms with E-state index in [1.54, 1.807) is 4.90 Å². The molecule has 0 radical (unpaired) electrons. The van der Waals surface area contributed by atoms with Gasteiger partial charge in [-0.05, 0) is 42.0 Å². The van der Waals surface area contributed by atoms with Crippen molar-refractivity contribution in [2.45, 2.75) is 46.0 Å². The second-order valence-electron chi connectivity index (χ2n) is 10.3. The lowest BCUT2D eigenvalue weighted by Crippen LogP contribution is -2.30. The van der Waals surface area contributed by atoms with Crippen molar-refractivity contribution in [1.82, 2.24) is 9.88 Å². The van der Waals surface area contributed by atoms with Gasteiger partial charge in [0.2, 0.25) is 0 Å². The zero-order valence-corrected chi connectivity index (χ0v) is 22.3. The maximum atomic E-state index is 12.6. The Kier molecular flexibility index (Phi) is 9.05. The van der Waals surface area contributed by atoms with Crippen molar-refractivity contribution in [1.29, 1.82) is 0 Å². The van der Waals surface area contributed by atoms with Crippen molar-refractivity contribution in [2.24, 2.45) is 11.8 Å². The maximum absolute atomic E-state index is 12.6. The molecule has 2 aromatic carbocycles. The van der Waals surface area contributed by atoms with Crippen molar-refractivity contribution in [3.05, 3.63) is 83.1 Å². The topological polar surface area (TPSA) is 102 Å². The number of rotatable bonds is 11. The van der Waals surface area contributed by atoms with E-state index in [-0.39, 0.29) is 24.2 Å². The number of carbonyl (C=O) groups is 2. The van der Waals surface area contributed by atoms with Crippen LogP contribution in [0.3, 0.4) is 0 Å². The van der Waals surface area contributed by atoms with E-state index in [9.17, 15) is 14.7 Å². The predicted octanol–water partition coefficient (Wildman–Crippen LogP) is 5.48. The zero-order chi connectivity index (χ0) is 27.1. The van der Waals surface area contributed by atoms with Gasteiger partial charge in [-0.2, -0.15) is 0 Å². The van der Waals surface area contributed by atoms with Crippen LogP contribution in [0.15, 0.2) is 59.0 Å². The van der Waals surface area contributed by atoms with Gasteiger partial charge in [0.25, 0.3) is 0 Å². The Balaban J connectivity index is 1.37. The second kappa shape index (κ2) is 12.6. The van der Waals surface area contributed by atoms with E-state index >= 15 is 0 Å². The number of oxazole rings is 1. The van der Waals surface area contributed by atoms with E-state index < -0.39 is 12.1 Å². The molecule has 1 saturated heterocycles. The third-order valence-corrected chi connectivity index (χ3v) is 6.71. The van der Waals surface area contributed by atoms with Gasteiger partial charge in [0.1, 0.15) is 11.5 Å². The first-order chi connectivity index (χ1) is 18.3. The van der Waals surface area contributed by atoms with Crippen molar-refractivity contribution in [2.75, 3.05) is 26.3 Å². The number of carboxylic acid groups (broad SMARTS) is 1. The van der Waals surface area contributed by atoms with Gasteiger partial charge in [-0.15, -0.1) is 0 Å². The smallest absolute Gasteiger partial charge is 0.409 e. The molecule has 3 aromatic rings. The third-order valence-electron chi connectivity index (χ3n) is 6.71. The lowest BCUT2D eigenvalue weighted by Gasteiger charge is -2.18. The normalized spacial score (nSPS) is 17.1. The number of aliphatic carboxylic acids is 1. The lowest BCUT2D eigenvalue weighted by molar-refractivity contribution is -0.138. The maximum Gasteiger partial charge on any atom is 0.409 e. The van der Waals surface area contributed by atoms with Crippen molar-refractivity contribution >= 4 is 12.1 Å². The number of carbonyl (C=O) groups excluding carboxylic acids is 1. The zero-order valence-electron chi connectivity index (χ0n) is 22.3. The molecule has 202 valence electrons. The number of ether oxygens (including phenoxy) is 2. The fourth-order valence-corrected chi connectivity index (χ4v) is 4.82. The monoisotopic (exact) mass is 520 g/mol. The predicted molar refractivity (Wildman–Crippen MR) is 142 cm³/mol. The SMILES string of the molecule is Cc1oc(Cc2ccccc2)nc1CCOc1cccc([C@@H]2CN(C(=O)OCC(C)C)C[C@@H]2CC(=O)O)c1. The Hall–Kier alpha value is -3.81. The highest BCUT2D eigenvalue weighted by molar-refractivity contribution is 5.70. The minimum absolute atomic E-state index is 0.0134. The Morgan fingerprint density at radius 1 is 1.13 bits per heavy atom. The van der Waals surface area contributed by atoms with E-state index in [0.717, 1.165) is 22.6 Å². The first-order valence-corrected chi connectivity index (χ1v) is 13.1. The Labute approximate surface area is 223 Å². The van der Waals surface area contributed by atoms with Crippen LogP contribution in [0.4, 0.5) is 4.79 Å². The highest BCUT2D eigenvalue weighted by Crippen LogP contribution is 2.36. The lowest BCUT2D eigenvalue weighted by atomic mass is 9.87. The van der Waals surface area contributed by atoms with E-state index in [2.05, 4.69) is 17.1 Å². The number of hydrogen-bond acceptors (Lipinski definition) is 6. The number of carboxylic acids is 1. The number of amides is 1. The minimum Gasteiger partial charge on any atom is -0.493 e. The summed E-state index contributed by atoms with van der Waals surface area (Å²) in [6, 6.07) is 17.8. The standard InChI is InChI=1S/C30H36N2O6/c1-20(2)19-37-30(35)32-17-24(16-29(33)34)26(18-32)23-10-7-11-25(15-23)36-13-12-27-21(3)38-28(31-27)14-22-8-5-4-6-9-22/h4-11,15,20,24,26H,12-14,16-19H2,1-3H3,(H,33,34)/t24-,26-/m0/s1. The minimum atomic E-state index is -0.876. The molecule has 1 N–H and O–H groups in total. The molecular formula is C30H36N2O6. The average Bonchev–Trinajstić information content (AvgIpc) is 3.46. The number of aryl methyl sites for hydroxylation is 1. The Morgan fingerprint density at radius 3 is 2.66 bits per heavy atom. The summed E-state index contributed by atoms with van der Waals surface area (Å²) in [6.07, 6.45) is 0.847.